The first kappa shape index (κ1) is 21.8. The summed E-state index contributed by atoms with van der Waals surface area (Å²) in [5.74, 6) is -0.273. The van der Waals surface area contributed by atoms with E-state index in [1.807, 2.05) is 6.07 Å². The minimum absolute atomic E-state index is 0.234. The number of hydrogen-bond acceptors (Lipinski definition) is 4. The van der Waals surface area contributed by atoms with Crippen LogP contribution in [0.5, 0.6) is 0 Å². The molecule has 1 aromatic carbocycles. The molecule has 4 nitrogen and oxygen atoms in total. The van der Waals surface area contributed by atoms with Crippen molar-refractivity contribution < 1.29 is 9.53 Å². The Morgan fingerprint density at radius 1 is 1.17 bits per heavy atom. The minimum Gasteiger partial charge on any atom is -0.465 e. The first-order chi connectivity index (χ1) is 14.1. The molecule has 1 aliphatic rings. The number of benzene rings is 1. The average Bonchev–Trinajstić information content (AvgIpc) is 3.02. The van der Waals surface area contributed by atoms with Gasteiger partial charge in [0.2, 0.25) is 0 Å². The van der Waals surface area contributed by atoms with Gasteiger partial charge in [0.1, 0.15) is 5.00 Å². The molecule has 0 amide bonds. The van der Waals surface area contributed by atoms with Crippen LogP contribution in [0.15, 0.2) is 30.3 Å². The Labute approximate surface area is 183 Å². The zero-order chi connectivity index (χ0) is 20.6. The van der Waals surface area contributed by atoms with Gasteiger partial charge in [0.25, 0.3) is 0 Å². The van der Waals surface area contributed by atoms with E-state index in [-0.39, 0.29) is 12.0 Å². The number of carbonyl (C=O) groups is 1. The molecule has 0 saturated carbocycles. The van der Waals surface area contributed by atoms with Crippen LogP contribution in [0.3, 0.4) is 0 Å². The zero-order valence-corrected chi connectivity index (χ0v) is 18.9. The van der Waals surface area contributed by atoms with Gasteiger partial charge >= 0.3 is 5.97 Å². The molecule has 1 aromatic heterocycles. The van der Waals surface area contributed by atoms with Crippen molar-refractivity contribution in [1.29, 1.82) is 0 Å². The summed E-state index contributed by atoms with van der Waals surface area (Å²) >= 11 is 7.21. The number of carbonyl (C=O) groups excluding carboxylic acids is 1. The molecule has 6 heteroatoms. The van der Waals surface area contributed by atoms with Crippen molar-refractivity contribution in [3.8, 4) is 0 Å². The normalized spacial score (nSPS) is 14.8. The molecule has 1 aliphatic carbocycles. The summed E-state index contributed by atoms with van der Waals surface area (Å²) in [4.78, 5) is 13.8. The van der Waals surface area contributed by atoms with Gasteiger partial charge in [0.15, 0.2) is 5.11 Å². The summed E-state index contributed by atoms with van der Waals surface area (Å²) in [5, 5.41) is 8.03. The number of fused-ring (bicyclic) bond motifs is 1. The van der Waals surface area contributed by atoms with E-state index in [0.717, 1.165) is 42.7 Å². The molecule has 1 heterocycles. The third-order valence-electron chi connectivity index (χ3n) is 5.37. The number of rotatable bonds is 6. The molecule has 2 aromatic rings. The van der Waals surface area contributed by atoms with E-state index in [2.05, 4.69) is 41.8 Å². The fourth-order valence-electron chi connectivity index (χ4n) is 3.79. The number of methoxy groups -OCH3 is 1. The van der Waals surface area contributed by atoms with Crippen molar-refractivity contribution in [2.24, 2.45) is 0 Å². The van der Waals surface area contributed by atoms with Gasteiger partial charge in [-0.15, -0.1) is 11.3 Å². The Hall–Kier alpha value is -1.92. The highest BCUT2D eigenvalue weighted by molar-refractivity contribution is 7.80. The molecule has 0 fully saturated rings. The Morgan fingerprint density at radius 2 is 1.90 bits per heavy atom. The van der Waals surface area contributed by atoms with Crippen LogP contribution in [-0.4, -0.2) is 24.2 Å². The van der Waals surface area contributed by atoms with Crippen LogP contribution in [0.2, 0.25) is 0 Å². The van der Waals surface area contributed by atoms with E-state index in [0.29, 0.717) is 10.7 Å². The number of thiophene rings is 1. The lowest BCUT2D eigenvalue weighted by molar-refractivity contribution is 0.0601. The van der Waals surface area contributed by atoms with Crippen molar-refractivity contribution in [3.05, 3.63) is 51.9 Å². The summed E-state index contributed by atoms with van der Waals surface area (Å²) in [6.45, 7) is 2.13. The second kappa shape index (κ2) is 10.7. The van der Waals surface area contributed by atoms with Crippen LogP contribution in [-0.2, 0) is 24.0 Å². The number of aryl methyl sites for hydroxylation is 2. The summed E-state index contributed by atoms with van der Waals surface area (Å²) in [5.41, 5.74) is 3.16. The monoisotopic (exact) mass is 430 g/mol. The van der Waals surface area contributed by atoms with Crippen LogP contribution < -0.4 is 10.6 Å². The van der Waals surface area contributed by atoms with E-state index >= 15 is 0 Å². The molecule has 0 aliphatic heterocycles. The van der Waals surface area contributed by atoms with Gasteiger partial charge in [-0.25, -0.2) is 4.79 Å². The highest BCUT2D eigenvalue weighted by Gasteiger charge is 2.25. The molecule has 29 heavy (non-hydrogen) atoms. The van der Waals surface area contributed by atoms with Crippen molar-refractivity contribution in [1.82, 2.24) is 5.32 Å². The maximum atomic E-state index is 12.5. The van der Waals surface area contributed by atoms with Crippen LogP contribution in [0, 0.1) is 0 Å². The lowest BCUT2D eigenvalue weighted by Gasteiger charge is -2.17. The molecule has 0 saturated heterocycles. The predicted molar refractivity (Wildman–Crippen MR) is 125 cm³/mol. The lowest BCUT2D eigenvalue weighted by Crippen LogP contribution is -2.36. The quantitative estimate of drug-likeness (QED) is 0.468. The molecule has 0 radical (unpaired) electrons. The number of nitrogens with one attached hydrogen (secondary N) is 2. The highest BCUT2D eigenvalue weighted by Crippen LogP contribution is 2.37. The van der Waals surface area contributed by atoms with Gasteiger partial charge in [0, 0.05) is 10.9 Å². The molecular formula is C23H30N2O2S2. The standard InChI is InChI=1S/C23H30N2O2S2/c1-16(14-15-17-10-6-5-7-11-17)24-23(28)25-21-20(22(26)27-2)18-12-8-3-4-9-13-19(18)29-21/h5-7,10-11,16H,3-4,8-9,12-15H2,1-2H3,(H2,24,25,28). The largest absolute Gasteiger partial charge is 0.465 e. The van der Waals surface area contributed by atoms with Gasteiger partial charge in [-0.3, -0.25) is 0 Å². The Balaban J connectivity index is 1.65. The smallest absolute Gasteiger partial charge is 0.341 e. The fraction of sp³-hybridized carbons (Fsp3) is 0.478. The molecule has 156 valence electrons. The van der Waals surface area contributed by atoms with Crippen LogP contribution >= 0.6 is 23.6 Å². The maximum absolute atomic E-state index is 12.5. The molecule has 3 rings (SSSR count). The van der Waals surface area contributed by atoms with Crippen LogP contribution in [0.4, 0.5) is 5.00 Å². The predicted octanol–water partition coefficient (Wildman–Crippen LogP) is 5.50. The van der Waals surface area contributed by atoms with Gasteiger partial charge in [-0.05, 0) is 68.8 Å². The molecule has 0 bridgehead atoms. The Bertz CT molecular complexity index is 833. The number of anilines is 1. The lowest BCUT2D eigenvalue weighted by atomic mass is 9.96. The van der Waals surface area contributed by atoms with Crippen molar-refractivity contribution in [2.75, 3.05) is 12.4 Å². The maximum Gasteiger partial charge on any atom is 0.341 e. The van der Waals surface area contributed by atoms with E-state index in [4.69, 9.17) is 17.0 Å². The van der Waals surface area contributed by atoms with Crippen molar-refractivity contribution in [2.45, 2.75) is 64.3 Å². The molecular weight excluding hydrogens is 400 g/mol. The molecule has 1 atom stereocenters. The summed E-state index contributed by atoms with van der Waals surface area (Å²) in [6.07, 6.45) is 8.71. The third kappa shape index (κ3) is 6.03. The summed E-state index contributed by atoms with van der Waals surface area (Å²) in [7, 11) is 1.45. The second-order valence-corrected chi connectivity index (χ2v) is 9.15. The van der Waals surface area contributed by atoms with E-state index < -0.39 is 0 Å². The second-order valence-electron chi connectivity index (χ2n) is 7.64. The molecule has 1 unspecified atom stereocenters. The van der Waals surface area contributed by atoms with Crippen LogP contribution in [0.1, 0.15) is 65.4 Å². The number of esters is 1. The van der Waals surface area contributed by atoms with Gasteiger partial charge < -0.3 is 15.4 Å². The van der Waals surface area contributed by atoms with Gasteiger partial charge in [-0.1, -0.05) is 43.2 Å². The molecule has 0 spiro atoms. The van der Waals surface area contributed by atoms with E-state index in [1.54, 1.807) is 11.3 Å². The first-order valence-corrected chi connectivity index (χ1v) is 11.6. The Kier molecular flexibility index (Phi) is 8.07. The molecule has 2 N–H and O–H groups in total. The third-order valence-corrected chi connectivity index (χ3v) is 6.80. The first-order valence-electron chi connectivity index (χ1n) is 10.4. The van der Waals surface area contributed by atoms with Gasteiger partial charge in [0.05, 0.1) is 12.7 Å². The fourth-order valence-corrected chi connectivity index (χ4v) is 5.44. The topological polar surface area (TPSA) is 50.4 Å². The number of ether oxygens (including phenoxy) is 1. The van der Waals surface area contributed by atoms with Crippen LogP contribution in [0.25, 0.3) is 0 Å². The Morgan fingerprint density at radius 3 is 2.62 bits per heavy atom. The van der Waals surface area contributed by atoms with E-state index in [1.165, 1.54) is 36.8 Å². The highest BCUT2D eigenvalue weighted by atomic mass is 32.1. The minimum atomic E-state index is -0.273. The number of thiocarbonyl (C=S) groups is 1. The summed E-state index contributed by atoms with van der Waals surface area (Å²) in [6, 6.07) is 10.7. The van der Waals surface area contributed by atoms with Crippen molar-refractivity contribution in [3.63, 3.8) is 0 Å². The summed E-state index contributed by atoms with van der Waals surface area (Å²) < 4.78 is 5.09. The van der Waals surface area contributed by atoms with Gasteiger partial charge in [-0.2, -0.15) is 0 Å². The zero-order valence-electron chi connectivity index (χ0n) is 17.3. The number of hydrogen-bond donors (Lipinski definition) is 2. The SMILES string of the molecule is COC(=O)c1c(NC(=S)NC(C)CCc2ccccc2)sc2c1CCCCCC2. The van der Waals surface area contributed by atoms with E-state index in [9.17, 15) is 4.79 Å². The van der Waals surface area contributed by atoms with Crippen molar-refractivity contribution >= 4 is 39.6 Å². The average molecular weight is 431 g/mol.